The van der Waals surface area contributed by atoms with Crippen molar-refractivity contribution in [2.45, 2.75) is 0 Å². The van der Waals surface area contributed by atoms with E-state index in [1.54, 1.807) is 60.9 Å². The molecule has 132 valence electrons. The van der Waals surface area contributed by atoms with Crippen molar-refractivity contribution >= 4 is 28.3 Å². The first-order valence-electron chi connectivity index (χ1n) is 8.19. The topological polar surface area (TPSA) is 114 Å². The molecule has 0 aliphatic rings. The second-order valence-electron chi connectivity index (χ2n) is 5.85. The van der Waals surface area contributed by atoms with Crippen LogP contribution in [0.25, 0.3) is 22.3 Å². The van der Waals surface area contributed by atoms with Gasteiger partial charge in [-0.1, -0.05) is 18.2 Å². The van der Waals surface area contributed by atoms with Gasteiger partial charge in [0.05, 0.1) is 11.3 Å². The molecule has 0 radical (unpaired) electrons. The number of primary amides is 1. The highest BCUT2D eigenvalue weighted by atomic mass is 16.3. The molecule has 2 heterocycles. The summed E-state index contributed by atoms with van der Waals surface area (Å²) in [6.07, 6.45) is 3.30. The van der Waals surface area contributed by atoms with E-state index in [4.69, 9.17) is 5.73 Å². The van der Waals surface area contributed by atoms with Crippen LogP contribution in [0.2, 0.25) is 0 Å². The number of nitrogens with one attached hydrogen (secondary N) is 1. The van der Waals surface area contributed by atoms with E-state index < -0.39 is 5.91 Å². The number of rotatable bonds is 4. The lowest BCUT2D eigenvalue weighted by Gasteiger charge is -2.13. The van der Waals surface area contributed by atoms with Gasteiger partial charge in [0.2, 0.25) is 0 Å². The summed E-state index contributed by atoms with van der Waals surface area (Å²) in [4.78, 5) is 24.9. The van der Waals surface area contributed by atoms with Gasteiger partial charge in [-0.25, -0.2) is 9.97 Å². The van der Waals surface area contributed by atoms with Crippen molar-refractivity contribution < 1.29 is 9.90 Å². The van der Waals surface area contributed by atoms with Gasteiger partial charge in [0.15, 0.2) is 5.82 Å². The third-order valence-electron chi connectivity index (χ3n) is 4.07. The van der Waals surface area contributed by atoms with Gasteiger partial charge in [-0.2, -0.15) is 0 Å². The zero-order chi connectivity index (χ0) is 18.8. The Kier molecular flexibility index (Phi) is 4.10. The van der Waals surface area contributed by atoms with E-state index in [1.807, 2.05) is 6.07 Å². The molecule has 4 rings (SSSR count). The molecule has 0 saturated carbocycles. The minimum Gasteiger partial charge on any atom is -0.506 e. The second-order valence-corrected chi connectivity index (χ2v) is 5.85. The lowest BCUT2D eigenvalue weighted by molar-refractivity contribution is 0.100. The number of amides is 1. The van der Waals surface area contributed by atoms with Crippen molar-refractivity contribution in [1.82, 2.24) is 15.0 Å². The Bertz CT molecular complexity index is 1150. The Morgan fingerprint density at radius 1 is 1.00 bits per heavy atom. The third-order valence-corrected chi connectivity index (χ3v) is 4.07. The predicted octanol–water partition coefficient (Wildman–Crippen LogP) is 3.24. The van der Waals surface area contributed by atoms with E-state index >= 15 is 0 Å². The lowest BCUT2D eigenvalue weighted by Crippen LogP contribution is -2.13. The number of aromatic nitrogens is 3. The van der Waals surface area contributed by atoms with Crippen LogP contribution < -0.4 is 11.1 Å². The summed E-state index contributed by atoms with van der Waals surface area (Å²) in [7, 11) is 0. The number of hydrogen-bond acceptors (Lipinski definition) is 6. The molecule has 4 aromatic rings. The zero-order valence-corrected chi connectivity index (χ0v) is 14.1. The molecule has 0 unspecified atom stereocenters. The summed E-state index contributed by atoms with van der Waals surface area (Å²) < 4.78 is 0. The van der Waals surface area contributed by atoms with Crippen LogP contribution in [0.3, 0.4) is 0 Å². The van der Waals surface area contributed by atoms with Crippen LogP contribution in [0.5, 0.6) is 5.75 Å². The van der Waals surface area contributed by atoms with Crippen LogP contribution in [0.15, 0.2) is 67.0 Å². The number of para-hydroxylation sites is 2. The quantitative estimate of drug-likeness (QED) is 0.517. The number of anilines is 2. The van der Waals surface area contributed by atoms with Gasteiger partial charge in [-0.05, 0) is 36.4 Å². The fourth-order valence-electron chi connectivity index (χ4n) is 2.79. The lowest BCUT2D eigenvalue weighted by atomic mass is 10.1. The Morgan fingerprint density at radius 3 is 2.63 bits per heavy atom. The summed E-state index contributed by atoms with van der Waals surface area (Å²) in [5.74, 6) is 0.331. The summed E-state index contributed by atoms with van der Waals surface area (Å²) in [6, 6.07) is 15.6. The Hall–Kier alpha value is -4.00. The number of carbonyl (C=O) groups excluding carboxylic acids is 1. The van der Waals surface area contributed by atoms with E-state index in [0.717, 1.165) is 0 Å². The summed E-state index contributed by atoms with van der Waals surface area (Å²) >= 11 is 0. The highest BCUT2D eigenvalue weighted by Gasteiger charge is 2.14. The maximum atomic E-state index is 11.7. The number of hydrogen-bond donors (Lipinski definition) is 3. The number of nitrogens with zero attached hydrogens (tertiary/aromatic N) is 3. The van der Waals surface area contributed by atoms with Crippen LogP contribution in [0.4, 0.5) is 11.5 Å². The maximum absolute atomic E-state index is 11.7. The molecule has 27 heavy (non-hydrogen) atoms. The molecule has 0 spiro atoms. The monoisotopic (exact) mass is 357 g/mol. The van der Waals surface area contributed by atoms with E-state index in [2.05, 4.69) is 20.3 Å². The normalized spacial score (nSPS) is 10.7. The first-order valence-corrected chi connectivity index (χ1v) is 8.19. The molecule has 7 heteroatoms. The second kappa shape index (κ2) is 6.72. The Labute approximate surface area is 154 Å². The smallest absolute Gasteiger partial charge is 0.250 e. The molecule has 4 N–H and O–H groups in total. The number of benzene rings is 2. The van der Waals surface area contributed by atoms with Crippen LogP contribution in [0, 0.1) is 0 Å². The maximum Gasteiger partial charge on any atom is 0.250 e. The molecule has 0 fully saturated rings. The van der Waals surface area contributed by atoms with Gasteiger partial charge < -0.3 is 16.2 Å². The molecule has 1 amide bonds. The fourth-order valence-corrected chi connectivity index (χ4v) is 2.79. The van der Waals surface area contributed by atoms with Gasteiger partial charge in [0, 0.05) is 23.3 Å². The molecular weight excluding hydrogens is 342 g/mol. The summed E-state index contributed by atoms with van der Waals surface area (Å²) in [5, 5.41) is 14.0. The molecule has 2 aromatic carbocycles. The van der Waals surface area contributed by atoms with Gasteiger partial charge in [0.1, 0.15) is 17.1 Å². The number of carbonyl (C=O) groups is 1. The number of aromatic hydroxyl groups is 1. The molecule has 0 atom stereocenters. The highest BCUT2D eigenvalue weighted by molar-refractivity contribution is 6.01. The van der Waals surface area contributed by atoms with Crippen molar-refractivity contribution in [3.05, 3.63) is 72.6 Å². The fraction of sp³-hybridized carbons (Fsp3) is 0. The average Bonchev–Trinajstić information content (AvgIpc) is 2.69. The first-order chi connectivity index (χ1) is 13.1. The molecular formula is C20H15N5O2. The average molecular weight is 357 g/mol. The number of phenolic OH excluding ortho intramolecular Hbond substituents is 1. The van der Waals surface area contributed by atoms with Crippen molar-refractivity contribution in [3.63, 3.8) is 0 Å². The van der Waals surface area contributed by atoms with Crippen LogP contribution in [0.1, 0.15) is 10.4 Å². The van der Waals surface area contributed by atoms with Crippen molar-refractivity contribution in [1.29, 1.82) is 0 Å². The minimum absolute atomic E-state index is 0.0336. The Balaban J connectivity index is 1.92. The standard InChI is InChI=1S/C20H15N5O2/c21-18(27)13-6-1-2-8-15(13)23-20-14-7-3-9-16(26)17(14)24-19(25-20)12-5-4-10-22-11-12/h1-11,26H,(H2,21,27)(H,23,24,25). The third kappa shape index (κ3) is 3.13. The number of pyridine rings is 1. The summed E-state index contributed by atoms with van der Waals surface area (Å²) in [5.41, 5.74) is 7.42. The van der Waals surface area contributed by atoms with E-state index in [-0.39, 0.29) is 5.75 Å². The van der Waals surface area contributed by atoms with Crippen molar-refractivity contribution in [2.75, 3.05) is 5.32 Å². The van der Waals surface area contributed by atoms with E-state index in [1.165, 1.54) is 0 Å². The number of nitrogens with two attached hydrogens (primary N) is 1. The summed E-state index contributed by atoms with van der Waals surface area (Å²) in [6.45, 7) is 0. The van der Waals surface area contributed by atoms with Crippen LogP contribution in [-0.4, -0.2) is 26.0 Å². The highest BCUT2D eigenvalue weighted by Crippen LogP contribution is 2.32. The Morgan fingerprint density at radius 2 is 1.85 bits per heavy atom. The number of phenols is 1. The zero-order valence-electron chi connectivity index (χ0n) is 14.1. The molecule has 0 bridgehead atoms. The predicted molar refractivity (Wildman–Crippen MR) is 103 cm³/mol. The van der Waals surface area contributed by atoms with Gasteiger partial charge in [-0.3, -0.25) is 9.78 Å². The first kappa shape index (κ1) is 16.5. The largest absolute Gasteiger partial charge is 0.506 e. The molecule has 7 nitrogen and oxygen atoms in total. The van der Waals surface area contributed by atoms with E-state index in [9.17, 15) is 9.90 Å². The van der Waals surface area contributed by atoms with Gasteiger partial charge in [-0.15, -0.1) is 0 Å². The van der Waals surface area contributed by atoms with Gasteiger partial charge >= 0.3 is 0 Å². The SMILES string of the molecule is NC(=O)c1ccccc1Nc1nc(-c2cccnc2)nc2c(O)cccc12. The van der Waals surface area contributed by atoms with Crippen molar-refractivity contribution in [3.8, 4) is 17.1 Å². The molecule has 0 aliphatic heterocycles. The van der Waals surface area contributed by atoms with Crippen LogP contribution in [-0.2, 0) is 0 Å². The molecule has 0 saturated heterocycles. The number of fused-ring (bicyclic) bond motifs is 1. The minimum atomic E-state index is -0.549. The van der Waals surface area contributed by atoms with Gasteiger partial charge in [0.25, 0.3) is 5.91 Å². The van der Waals surface area contributed by atoms with E-state index in [0.29, 0.717) is 39.4 Å². The molecule has 2 aromatic heterocycles. The van der Waals surface area contributed by atoms with Crippen LogP contribution >= 0.6 is 0 Å². The van der Waals surface area contributed by atoms with Crippen molar-refractivity contribution in [2.24, 2.45) is 5.73 Å². The molecule has 0 aliphatic carbocycles.